The SMILES string of the molecule is CC(C)CCn1c(SC[C@H](C#N)CCC#N)nc2cc(Cl)ccc2c1=O. The van der Waals surface area contributed by atoms with E-state index in [4.69, 9.17) is 16.9 Å². The maximum atomic E-state index is 12.9. The lowest BCUT2D eigenvalue weighted by molar-refractivity contribution is 0.480. The summed E-state index contributed by atoms with van der Waals surface area (Å²) in [5, 5.41) is 19.6. The smallest absolute Gasteiger partial charge is 0.262 e. The van der Waals surface area contributed by atoms with Crippen LogP contribution in [0.1, 0.15) is 33.1 Å². The lowest BCUT2D eigenvalue weighted by Crippen LogP contribution is -2.24. The van der Waals surface area contributed by atoms with Crippen molar-refractivity contribution in [3.63, 3.8) is 0 Å². The molecular weight excluding hydrogens is 368 g/mol. The first kappa shape index (κ1) is 20.3. The highest BCUT2D eigenvalue weighted by atomic mass is 35.5. The Morgan fingerprint density at radius 2 is 2.08 bits per heavy atom. The third-order valence-electron chi connectivity index (χ3n) is 4.01. The molecule has 1 heterocycles. The van der Waals surface area contributed by atoms with Crippen LogP contribution in [0.5, 0.6) is 0 Å². The second-order valence-corrected chi connectivity index (χ2v) is 7.95. The van der Waals surface area contributed by atoms with E-state index in [2.05, 4.69) is 31.0 Å². The number of rotatable bonds is 8. The molecule has 0 amide bonds. The van der Waals surface area contributed by atoms with Crippen LogP contribution in [0.2, 0.25) is 5.02 Å². The first-order valence-corrected chi connectivity index (χ1v) is 9.92. The molecule has 0 spiro atoms. The van der Waals surface area contributed by atoms with Crippen molar-refractivity contribution < 1.29 is 0 Å². The highest BCUT2D eigenvalue weighted by molar-refractivity contribution is 7.99. The number of fused-ring (bicyclic) bond motifs is 1. The predicted octanol–water partition coefficient (Wildman–Crippen LogP) is 4.63. The first-order chi connectivity index (χ1) is 12.5. The molecule has 0 N–H and O–H groups in total. The Morgan fingerprint density at radius 1 is 1.31 bits per heavy atom. The van der Waals surface area contributed by atoms with E-state index in [9.17, 15) is 10.1 Å². The molecule has 0 aliphatic rings. The Labute approximate surface area is 162 Å². The van der Waals surface area contributed by atoms with Crippen LogP contribution in [0.4, 0.5) is 0 Å². The van der Waals surface area contributed by atoms with Gasteiger partial charge in [-0.2, -0.15) is 10.5 Å². The van der Waals surface area contributed by atoms with E-state index < -0.39 is 0 Å². The van der Waals surface area contributed by atoms with Crippen LogP contribution in [0.15, 0.2) is 28.2 Å². The number of benzene rings is 1. The minimum Gasteiger partial charge on any atom is -0.287 e. The van der Waals surface area contributed by atoms with E-state index in [0.29, 0.717) is 52.1 Å². The van der Waals surface area contributed by atoms with E-state index in [0.717, 1.165) is 6.42 Å². The molecule has 0 fully saturated rings. The summed E-state index contributed by atoms with van der Waals surface area (Å²) in [4.78, 5) is 17.5. The van der Waals surface area contributed by atoms with Crippen molar-refractivity contribution >= 4 is 34.3 Å². The minimum absolute atomic E-state index is 0.0830. The number of hydrogen-bond acceptors (Lipinski definition) is 5. The fourth-order valence-electron chi connectivity index (χ4n) is 2.47. The molecule has 0 aliphatic heterocycles. The molecule has 1 aromatic carbocycles. The summed E-state index contributed by atoms with van der Waals surface area (Å²) < 4.78 is 1.69. The second-order valence-electron chi connectivity index (χ2n) is 6.53. The van der Waals surface area contributed by atoms with Gasteiger partial charge in [0.2, 0.25) is 0 Å². The Kier molecular flexibility index (Phi) is 7.50. The van der Waals surface area contributed by atoms with Gasteiger partial charge in [-0.15, -0.1) is 0 Å². The Bertz CT molecular complexity index is 911. The van der Waals surface area contributed by atoms with Crippen LogP contribution in [-0.4, -0.2) is 15.3 Å². The summed E-state index contributed by atoms with van der Waals surface area (Å²) in [6.07, 6.45) is 1.74. The van der Waals surface area contributed by atoms with Gasteiger partial charge in [0, 0.05) is 23.7 Å². The lowest BCUT2D eigenvalue weighted by atomic mass is 10.1. The third kappa shape index (κ3) is 5.24. The van der Waals surface area contributed by atoms with E-state index in [-0.39, 0.29) is 11.5 Å². The van der Waals surface area contributed by atoms with Gasteiger partial charge >= 0.3 is 0 Å². The minimum atomic E-state index is -0.245. The van der Waals surface area contributed by atoms with Crippen molar-refractivity contribution in [2.24, 2.45) is 11.8 Å². The second kappa shape index (κ2) is 9.62. The molecule has 26 heavy (non-hydrogen) atoms. The Morgan fingerprint density at radius 3 is 2.73 bits per heavy atom. The Hall–Kier alpha value is -2.02. The normalized spacial score (nSPS) is 12.1. The van der Waals surface area contributed by atoms with Gasteiger partial charge in [-0.05, 0) is 37.0 Å². The van der Waals surface area contributed by atoms with Crippen molar-refractivity contribution in [3.8, 4) is 12.1 Å². The zero-order valence-corrected chi connectivity index (χ0v) is 16.5. The molecule has 1 aromatic heterocycles. The number of halogens is 1. The monoisotopic (exact) mass is 388 g/mol. The molecule has 0 aliphatic carbocycles. The van der Waals surface area contributed by atoms with Crippen molar-refractivity contribution in [1.29, 1.82) is 10.5 Å². The molecule has 1 atom stereocenters. The van der Waals surface area contributed by atoms with Crippen molar-refractivity contribution in [1.82, 2.24) is 9.55 Å². The molecule has 0 bridgehead atoms. The lowest BCUT2D eigenvalue weighted by Gasteiger charge is -2.15. The largest absolute Gasteiger partial charge is 0.287 e. The number of aromatic nitrogens is 2. The standard InChI is InChI=1S/C19H21ClN4OS/c1-13(2)7-9-24-18(25)16-6-5-15(20)10-17(16)23-19(24)26-12-14(11-22)4-3-8-21/h5-6,10,13-14H,3-4,7,9,12H2,1-2H3/t14-/m0/s1. The molecular formula is C19H21ClN4OS. The highest BCUT2D eigenvalue weighted by Crippen LogP contribution is 2.24. The summed E-state index contributed by atoms with van der Waals surface area (Å²) in [6, 6.07) is 9.39. The highest BCUT2D eigenvalue weighted by Gasteiger charge is 2.15. The van der Waals surface area contributed by atoms with Crippen LogP contribution in [-0.2, 0) is 6.54 Å². The summed E-state index contributed by atoms with van der Waals surface area (Å²) in [5.74, 6) is 0.714. The third-order valence-corrected chi connectivity index (χ3v) is 5.39. The molecule has 2 rings (SSSR count). The van der Waals surface area contributed by atoms with Gasteiger partial charge in [-0.25, -0.2) is 4.98 Å². The quantitative estimate of drug-likeness (QED) is 0.486. The van der Waals surface area contributed by atoms with Gasteiger partial charge in [0.15, 0.2) is 5.16 Å². The molecule has 0 unspecified atom stereocenters. The summed E-state index contributed by atoms with van der Waals surface area (Å²) in [6.45, 7) is 4.80. The van der Waals surface area contributed by atoms with Crippen LogP contribution in [0, 0.1) is 34.5 Å². The van der Waals surface area contributed by atoms with Crippen LogP contribution < -0.4 is 5.56 Å². The predicted molar refractivity (Wildman–Crippen MR) is 105 cm³/mol. The van der Waals surface area contributed by atoms with Gasteiger partial charge in [-0.1, -0.05) is 37.2 Å². The molecule has 136 valence electrons. The van der Waals surface area contributed by atoms with Crippen LogP contribution >= 0.6 is 23.4 Å². The van der Waals surface area contributed by atoms with E-state index in [1.807, 2.05) is 0 Å². The van der Waals surface area contributed by atoms with Gasteiger partial charge in [-0.3, -0.25) is 9.36 Å². The fourth-order valence-corrected chi connectivity index (χ4v) is 3.72. The van der Waals surface area contributed by atoms with Gasteiger partial charge in [0.1, 0.15) is 0 Å². The maximum absolute atomic E-state index is 12.9. The molecule has 0 radical (unpaired) electrons. The number of hydrogen-bond donors (Lipinski definition) is 0. The molecule has 0 saturated heterocycles. The number of thioether (sulfide) groups is 1. The average Bonchev–Trinajstić information content (AvgIpc) is 2.60. The Balaban J connectivity index is 2.38. The van der Waals surface area contributed by atoms with E-state index >= 15 is 0 Å². The zero-order valence-electron chi connectivity index (χ0n) is 14.9. The van der Waals surface area contributed by atoms with Crippen LogP contribution in [0.3, 0.4) is 0 Å². The van der Waals surface area contributed by atoms with Crippen molar-refractivity contribution in [2.75, 3.05) is 5.75 Å². The van der Waals surface area contributed by atoms with Gasteiger partial charge in [0.25, 0.3) is 5.56 Å². The van der Waals surface area contributed by atoms with Crippen molar-refractivity contribution in [3.05, 3.63) is 33.6 Å². The first-order valence-electron chi connectivity index (χ1n) is 8.55. The molecule has 2 aromatic rings. The molecule has 5 nitrogen and oxygen atoms in total. The molecule has 0 saturated carbocycles. The maximum Gasteiger partial charge on any atom is 0.262 e. The van der Waals surface area contributed by atoms with Gasteiger partial charge in [0.05, 0.1) is 29.0 Å². The number of nitrogens with zero attached hydrogens (tertiary/aromatic N) is 4. The fraction of sp³-hybridized carbons (Fsp3) is 0.474. The summed E-state index contributed by atoms with van der Waals surface area (Å²) in [7, 11) is 0. The summed E-state index contributed by atoms with van der Waals surface area (Å²) in [5.41, 5.74) is 0.483. The van der Waals surface area contributed by atoms with Gasteiger partial charge < -0.3 is 0 Å². The summed E-state index contributed by atoms with van der Waals surface area (Å²) >= 11 is 7.44. The number of nitriles is 2. The van der Waals surface area contributed by atoms with Crippen molar-refractivity contribution in [2.45, 2.75) is 44.8 Å². The zero-order chi connectivity index (χ0) is 19.1. The average molecular weight is 389 g/mol. The molecule has 7 heteroatoms. The topological polar surface area (TPSA) is 82.5 Å². The van der Waals surface area contributed by atoms with E-state index in [1.165, 1.54) is 11.8 Å². The van der Waals surface area contributed by atoms with Crippen LogP contribution in [0.25, 0.3) is 10.9 Å². The van der Waals surface area contributed by atoms with E-state index in [1.54, 1.807) is 22.8 Å².